The van der Waals surface area contributed by atoms with E-state index in [1.807, 2.05) is 61.5 Å². The van der Waals surface area contributed by atoms with Crippen LogP contribution in [0.25, 0.3) is 16.6 Å². The normalized spacial score (nSPS) is 10.8. The van der Waals surface area contributed by atoms with Gasteiger partial charge in [-0.05, 0) is 55.5 Å². The molecular formula is C31H25N9O3. The first kappa shape index (κ1) is 27.0. The molecule has 0 saturated heterocycles. The third-order valence-corrected chi connectivity index (χ3v) is 6.99. The molecule has 0 aliphatic rings. The van der Waals surface area contributed by atoms with Crippen LogP contribution in [0.5, 0.6) is 11.8 Å². The summed E-state index contributed by atoms with van der Waals surface area (Å²) < 4.78 is 10.9. The van der Waals surface area contributed by atoms with Crippen molar-refractivity contribution in [2.45, 2.75) is 6.92 Å². The summed E-state index contributed by atoms with van der Waals surface area (Å²) in [4.78, 5) is 39.6. The number of fused-ring (bicyclic) bond motifs is 1. The molecule has 6 aromatic rings. The molecule has 0 aliphatic carbocycles. The van der Waals surface area contributed by atoms with Crippen LogP contribution in [0.15, 0.2) is 94.5 Å². The third kappa shape index (κ3) is 5.18. The number of aryl methyl sites for hydroxylation is 1. The zero-order valence-corrected chi connectivity index (χ0v) is 23.4. The van der Waals surface area contributed by atoms with Gasteiger partial charge in [0.05, 0.1) is 28.5 Å². The van der Waals surface area contributed by atoms with Crippen molar-refractivity contribution in [3.63, 3.8) is 0 Å². The quantitative estimate of drug-likeness (QED) is 0.279. The van der Waals surface area contributed by atoms with Crippen LogP contribution in [0.1, 0.15) is 11.3 Å². The van der Waals surface area contributed by atoms with Gasteiger partial charge in [0.1, 0.15) is 11.4 Å². The minimum Gasteiger partial charge on any atom is -0.423 e. The molecule has 0 atom stereocenters. The van der Waals surface area contributed by atoms with Gasteiger partial charge in [-0.2, -0.15) is 20.2 Å². The first-order valence-electron chi connectivity index (χ1n) is 13.2. The van der Waals surface area contributed by atoms with E-state index < -0.39 is 0 Å². The van der Waals surface area contributed by atoms with E-state index in [9.17, 15) is 9.59 Å². The van der Waals surface area contributed by atoms with Gasteiger partial charge in [-0.1, -0.05) is 30.3 Å². The molecular weight excluding hydrogens is 546 g/mol. The van der Waals surface area contributed by atoms with Crippen LogP contribution in [0.4, 0.5) is 23.3 Å². The molecule has 12 nitrogen and oxygen atoms in total. The predicted octanol–water partition coefficient (Wildman–Crippen LogP) is 4.67. The lowest BCUT2D eigenvalue weighted by Gasteiger charge is -2.12. The molecule has 0 spiro atoms. The molecule has 6 rings (SSSR count). The minimum absolute atomic E-state index is 0.0419. The van der Waals surface area contributed by atoms with Gasteiger partial charge in [-0.3, -0.25) is 14.3 Å². The highest BCUT2D eigenvalue weighted by atomic mass is 16.5. The molecule has 3 aromatic heterocycles. The Morgan fingerprint density at radius 1 is 0.837 bits per heavy atom. The lowest BCUT2D eigenvalue weighted by molar-refractivity contribution is 0.445. The molecule has 0 unspecified atom stereocenters. The standard InChI is InChI=1S/C31H25N9O3/c1-19-27(28(42)40(39(19)3)22-9-5-4-6-10-22)34-30-35-29(33-21-15-13-20(18-32)14-16-21)36-31(37-30)43-25-17-26(41)38(2)24-12-8-7-11-23(24)25/h4-17H,1-3H3,(H2,33,34,35,36,37). The van der Waals surface area contributed by atoms with E-state index in [-0.39, 0.29) is 40.5 Å². The average Bonchev–Trinajstić information content (AvgIpc) is 3.23. The molecule has 0 fully saturated rings. The van der Waals surface area contributed by atoms with E-state index in [1.54, 1.807) is 43.0 Å². The van der Waals surface area contributed by atoms with Crippen LogP contribution in [-0.2, 0) is 14.1 Å². The zero-order valence-electron chi connectivity index (χ0n) is 23.4. The van der Waals surface area contributed by atoms with Crippen molar-refractivity contribution in [1.29, 1.82) is 5.26 Å². The topological polar surface area (TPSA) is 145 Å². The number of nitrogens with one attached hydrogen (secondary N) is 2. The second-order valence-corrected chi connectivity index (χ2v) is 9.67. The Morgan fingerprint density at radius 3 is 2.23 bits per heavy atom. The maximum Gasteiger partial charge on any atom is 0.328 e. The van der Waals surface area contributed by atoms with Gasteiger partial charge in [-0.15, -0.1) is 0 Å². The molecule has 0 aliphatic heterocycles. The predicted molar refractivity (Wildman–Crippen MR) is 163 cm³/mol. The Bertz CT molecular complexity index is 2140. The number of ether oxygens (including phenoxy) is 1. The Hall–Kier alpha value is -6.22. The number of pyridine rings is 1. The van der Waals surface area contributed by atoms with Crippen molar-refractivity contribution in [2.75, 3.05) is 10.6 Å². The fourth-order valence-corrected chi connectivity index (χ4v) is 4.66. The molecule has 3 heterocycles. The summed E-state index contributed by atoms with van der Waals surface area (Å²) in [6.45, 7) is 1.81. The monoisotopic (exact) mass is 571 g/mol. The van der Waals surface area contributed by atoms with E-state index in [4.69, 9.17) is 10.00 Å². The van der Waals surface area contributed by atoms with E-state index in [1.165, 1.54) is 15.3 Å². The van der Waals surface area contributed by atoms with Crippen LogP contribution in [-0.4, -0.2) is 28.9 Å². The van der Waals surface area contributed by atoms with Crippen molar-refractivity contribution < 1.29 is 4.74 Å². The fourth-order valence-electron chi connectivity index (χ4n) is 4.66. The first-order chi connectivity index (χ1) is 20.8. The van der Waals surface area contributed by atoms with Crippen molar-refractivity contribution in [1.82, 2.24) is 28.9 Å². The summed E-state index contributed by atoms with van der Waals surface area (Å²) in [5.41, 5.74) is 2.85. The van der Waals surface area contributed by atoms with Crippen molar-refractivity contribution in [3.8, 4) is 23.5 Å². The Balaban J connectivity index is 1.43. The molecule has 0 saturated carbocycles. The van der Waals surface area contributed by atoms with Gasteiger partial charge in [-0.25, -0.2) is 4.68 Å². The molecule has 0 bridgehead atoms. The lowest BCUT2D eigenvalue weighted by Crippen LogP contribution is -2.20. The molecule has 3 aromatic carbocycles. The van der Waals surface area contributed by atoms with Crippen LogP contribution in [0, 0.1) is 18.3 Å². The molecule has 43 heavy (non-hydrogen) atoms. The van der Waals surface area contributed by atoms with Gasteiger partial charge < -0.3 is 19.9 Å². The molecule has 2 N–H and O–H groups in total. The summed E-state index contributed by atoms with van der Waals surface area (Å²) in [6.07, 6.45) is 0. The lowest BCUT2D eigenvalue weighted by atomic mass is 10.2. The highest BCUT2D eigenvalue weighted by Gasteiger charge is 2.19. The minimum atomic E-state index is -0.298. The number of hydrogen-bond acceptors (Lipinski definition) is 9. The summed E-state index contributed by atoms with van der Waals surface area (Å²) >= 11 is 0. The van der Waals surface area contributed by atoms with Crippen LogP contribution in [0.2, 0.25) is 0 Å². The smallest absolute Gasteiger partial charge is 0.328 e. The summed E-state index contributed by atoms with van der Waals surface area (Å²) in [6, 6.07) is 26.7. The highest BCUT2D eigenvalue weighted by Crippen LogP contribution is 2.28. The number of anilines is 4. The van der Waals surface area contributed by atoms with Crippen LogP contribution in [0.3, 0.4) is 0 Å². The number of aromatic nitrogens is 6. The average molecular weight is 572 g/mol. The van der Waals surface area contributed by atoms with Gasteiger partial charge in [0, 0.05) is 31.2 Å². The zero-order chi connectivity index (χ0) is 30.1. The van der Waals surface area contributed by atoms with E-state index >= 15 is 0 Å². The van der Waals surface area contributed by atoms with Crippen LogP contribution < -0.4 is 26.5 Å². The third-order valence-electron chi connectivity index (χ3n) is 6.99. The first-order valence-corrected chi connectivity index (χ1v) is 13.2. The van der Waals surface area contributed by atoms with Crippen molar-refractivity contribution in [3.05, 3.63) is 117 Å². The second kappa shape index (κ2) is 11.0. The van der Waals surface area contributed by atoms with E-state index in [0.717, 1.165) is 0 Å². The maximum atomic E-state index is 13.5. The number of hydrogen-bond donors (Lipinski definition) is 2. The summed E-state index contributed by atoms with van der Waals surface area (Å²) in [7, 11) is 3.47. The Labute approximate surface area is 245 Å². The van der Waals surface area contributed by atoms with Gasteiger partial charge in [0.2, 0.25) is 11.9 Å². The van der Waals surface area contributed by atoms with Gasteiger partial charge >= 0.3 is 6.01 Å². The maximum absolute atomic E-state index is 13.5. The largest absolute Gasteiger partial charge is 0.423 e. The molecule has 212 valence electrons. The van der Waals surface area contributed by atoms with Gasteiger partial charge in [0.25, 0.3) is 11.1 Å². The number of nitrogens with zero attached hydrogens (tertiary/aromatic N) is 7. The SMILES string of the molecule is Cc1c(Nc2nc(Nc3ccc(C#N)cc3)nc(Oc3cc(=O)n(C)c4ccccc34)n2)c(=O)n(-c2ccccc2)n1C. The Kier molecular flexibility index (Phi) is 6.89. The number of benzene rings is 3. The van der Waals surface area contributed by atoms with E-state index in [0.29, 0.717) is 33.5 Å². The highest BCUT2D eigenvalue weighted by molar-refractivity contribution is 5.85. The van der Waals surface area contributed by atoms with Gasteiger partial charge in [0.15, 0.2) is 0 Å². The molecule has 0 radical (unpaired) electrons. The fraction of sp³-hybridized carbons (Fsp3) is 0.0968. The number of nitriles is 1. The van der Waals surface area contributed by atoms with Crippen LogP contribution >= 0.6 is 0 Å². The number of para-hydroxylation sites is 2. The molecule has 12 heteroatoms. The summed E-state index contributed by atoms with van der Waals surface area (Å²) in [5, 5.41) is 16.0. The summed E-state index contributed by atoms with van der Waals surface area (Å²) in [5.74, 6) is 0.421. The Morgan fingerprint density at radius 2 is 1.51 bits per heavy atom. The number of rotatable bonds is 7. The van der Waals surface area contributed by atoms with E-state index in [2.05, 4.69) is 31.7 Å². The second-order valence-electron chi connectivity index (χ2n) is 9.67. The van der Waals surface area contributed by atoms with Crippen molar-refractivity contribution in [2.24, 2.45) is 14.1 Å². The molecule has 0 amide bonds. The van der Waals surface area contributed by atoms with Crippen molar-refractivity contribution >= 4 is 34.2 Å².